The molecule has 0 spiro atoms. The zero-order valence-corrected chi connectivity index (χ0v) is 6.43. The zero-order valence-electron chi connectivity index (χ0n) is 6.43. The SMILES string of the molecule is C=CC=CCCC(C)C. The molecule has 0 rings (SSSR count). The van der Waals surface area contributed by atoms with Crippen molar-refractivity contribution in [1.29, 1.82) is 0 Å². The minimum Gasteiger partial charge on any atom is -0.0991 e. The van der Waals surface area contributed by atoms with Gasteiger partial charge in [-0.1, -0.05) is 38.7 Å². The highest BCUT2D eigenvalue weighted by Gasteiger charge is 1.87. The third-order valence-electron chi connectivity index (χ3n) is 1.18. The van der Waals surface area contributed by atoms with Crippen LogP contribution in [0.3, 0.4) is 0 Å². The van der Waals surface area contributed by atoms with Crippen LogP contribution in [0.15, 0.2) is 24.8 Å². The normalized spacial score (nSPS) is 11.0. The Kier molecular flexibility index (Phi) is 5.29. The van der Waals surface area contributed by atoms with E-state index in [2.05, 4.69) is 26.5 Å². The molecule has 0 saturated heterocycles. The summed E-state index contributed by atoms with van der Waals surface area (Å²) < 4.78 is 0. The average molecular weight is 124 g/mol. The molecular weight excluding hydrogens is 108 g/mol. The van der Waals surface area contributed by atoms with Crippen LogP contribution in [0.1, 0.15) is 26.7 Å². The average Bonchev–Trinajstić information content (AvgIpc) is 1.80. The van der Waals surface area contributed by atoms with Gasteiger partial charge < -0.3 is 0 Å². The highest BCUT2D eigenvalue weighted by atomic mass is 13.9. The highest BCUT2D eigenvalue weighted by Crippen LogP contribution is 2.03. The molecule has 0 unspecified atom stereocenters. The van der Waals surface area contributed by atoms with Gasteiger partial charge in [0.2, 0.25) is 0 Å². The van der Waals surface area contributed by atoms with E-state index in [0.29, 0.717) is 0 Å². The topological polar surface area (TPSA) is 0 Å². The third kappa shape index (κ3) is 7.48. The van der Waals surface area contributed by atoms with Crippen molar-refractivity contribution < 1.29 is 0 Å². The first kappa shape index (κ1) is 8.48. The Hall–Kier alpha value is -0.520. The Balaban J connectivity index is 3.08. The fourth-order valence-electron chi connectivity index (χ4n) is 0.622. The smallest absolute Gasteiger partial charge is 0.0345 e. The lowest BCUT2D eigenvalue weighted by Gasteiger charge is -1.97. The summed E-state index contributed by atoms with van der Waals surface area (Å²) in [5.74, 6) is 0.819. The molecule has 0 heteroatoms. The summed E-state index contributed by atoms with van der Waals surface area (Å²) in [5.41, 5.74) is 0. The van der Waals surface area contributed by atoms with Crippen LogP contribution in [-0.4, -0.2) is 0 Å². The van der Waals surface area contributed by atoms with Gasteiger partial charge in [0.1, 0.15) is 0 Å². The summed E-state index contributed by atoms with van der Waals surface area (Å²) in [5, 5.41) is 0. The molecule has 0 N–H and O–H groups in total. The van der Waals surface area contributed by atoms with Crippen LogP contribution in [-0.2, 0) is 0 Å². The van der Waals surface area contributed by atoms with Crippen LogP contribution < -0.4 is 0 Å². The molecule has 0 heterocycles. The van der Waals surface area contributed by atoms with E-state index in [9.17, 15) is 0 Å². The lowest BCUT2D eigenvalue weighted by atomic mass is 10.1. The summed E-state index contributed by atoms with van der Waals surface area (Å²) in [6.45, 7) is 8.07. The quantitative estimate of drug-likeness (QED) is 0.505. The molecule has 0 aliphatic rings. The van der Waals surface area contributed by atoms with Crippen molar-refractivity contribution in [3.05, 3.63) is 24.8 Å². The maximum absolute atomic E-state index is 3.59. The molecule has 0 aliphatic heterocycles. The Morgan fingerprint density at radius 2 is 2.11 bits per heavy atom. The summed E-state index contributed by atoms with van der Waals surface area (Å²) in [6, 6.07) is 0. The molecule has 0 atom stereocenters. The maximum Gasteiger partial charge on any atom is -0.0345 e. The molecule has 0 bridgehead atoms. The fourth-order valence-corrected chi connectivity index (χ4v) is 0.622. The first-order valence-corrected chi connectivity index (χ1v) is 3.55. The van der Waals surface area contributed by atoms with Gasteiger partial charge in [-0.25, -0.2) is 0 Å². The van der Waals surface area contributed by atoms with E-state index >= 15 is 0 Å². The summed E-state index contributed by atoms with van der Waals surface area (Å²) in [6.07, 6.45) is 8.45. The van der Waals surface area contributed by atoms with Crippen molar-refractivity contribution in [3.63, 3.8) is 0 Å². The molecular formula is C9H16. The van der Waals surface area contributed by atoms with Gasteiger partial charge in [-0.15, -0.1) is 0 Å². The number of hydrogen-bond acceptors (Lipinski definition) is 0. The molecule has 0 aromatic carbocycles. The van der Waals surface area contributed by atoms with Gasteiger partial charge in [-0.05, 0) is 18.8 Å². The van der Waals surface area contributed by atoms with Gasteiger partial charge >= 0.3 is 0 Å². The predicted molar refractivity (Wildman–Crippen MR) is 43.4 cm³/mol. The van der Waals surface area contributed by atoms with E-state index in [1.807, 2.05) is 12.2 Å². The third-order valence-corrected chi connectivity index (χ3v) is 1.18. The minimum absolute atomic E-state index is 0.819. The monoisotopic (exact) mass is 124 g/mol. The Morgan fingerprint density at radius 3 is 2.56 bits per heavy atom. The second-order valence-electron chi connectivity index (χ2n) is 2.64. The molecule has 0 nitrogen and oxygen atoms in total. The van der Waals surface area contributed by atoms with E-state index in [1.165, 1.54) is 12.8 Å². The van der Waals surface area contributed by atoms with E-state index in [1.54, 1.807) is 0 Å². The molecule has 0 aromatic rings. The molecule has 52 valence electrons. The molecule has 0 fully saturated rings. The Morgan fingerprint density at radius 1 is 1.44 bits per heavy atom. The van der Waals surface area contributed by atoms with Crippen molar-refractivity contribution in [2.75, 3.05) is 0 Å². The molecule has 0 radical (unpaired) electrons. The lowest BCUT2D eigenvalue weighted by molar-refractivity contribution is 0.594. The van der Waals surface area contributed by atoms with Crippen LogP contribution in [0.5, 0.6) is 0 Å². The molecule has 0 aromatic heterocycles. The van der Waals surface area contributed by atoms with Crippen LogP contribution in [0.2, 0.25) is 0 Å². The van der Waals surface area contributed by atoms with Crippen molar-refractivity contribution in [2.45, 2.75) is 26.7 Å². The molecule has 0 aliphatic carbocycles. The predicted octanol–water partition coefficient (Wildman–Crippen LogP) is 3.16. The van der Waals surface area contributed by atoms with Crippen LogP contribution in [0.4, 0.5) is 0 Å². The fraction of sp³-hybridized carbons (Fsp3) is 0.556. The molecule has 9 heavy (non-hydrogen) atoms. The molecule has 0 amide bonds. The van der Waals surface area contributed by atoms with Gasteiger partial charge in [-0.2, -0.15) is 0 Å². The van der Waals surface area contributed by atoms with Crippen LogP contribution in [0, 0.1) is 5.92 Å². The zero-order chi connectivity index (χ0) is 7.11. The van der Waals surface area contributed by atoms with Gasteiger partial charge in [0.05, 0.1) is 0 Å². The first-order valence-electron chi connectivity index (χ1n) is 3.55. The van der Waals surface area contributed by atoms with E-state index in [0.717, 1.165) is 5.92 Å². The standard InChI is InChI=1S/C9H16/c1-4-5-6-7-8-9(2)3/h4-6,9H,1,7-8H2,2-3H3. The van der Waals surface area contributed by atoms with E-state index in [-0.39, 0.29) is 0 Å². The van der Waals surface area contributed by atoms with Crippen molar-refractivity contribution in [3.8, 4) is 0 Å². The number of rotatable bonds is 4. The summed E-state index contributed by atoms with van der Waals surface area (Å²) in [7, 11) is 0. The second kappa shape index (κ2) is 5.61. The Labute approximate surface area is 58.3 Å². The van der Waals surface area contributed by atoms with Gasteiger partial charge in [0.15, 0.2) is 0 Å². The number of allylic oxidation sites excluding steroid dienone is 3. The highest BCUT2D eigenvalue weighted by molar-refractivity contribution is 4.96. The minimum atomic E-state index is 0.819. The largest absolute Gasteiger partial charge is 0.0991 e. The van der Waals surface area contributed by atoms with E-state index < -0.39 is 0 Å². The van der Waals surface area contributed by atoms with Crippen molar-refractivity contribution in [2.24, 2.45) is 5.92 Å². The van der Waals surface area contributed by atoms with Crippen molar-refractivity contribution >= 4 is 0 Å². The lowest BCUT2D eigenvalue weighted by Crippen LogP contribution is -1.83. The first-order chi connectivity index (χ1) is 4.27. The number of hydrogen-bond donors (Lipinski definition) is 0. The summed E-state index contributed by atoms with van der Waals surface area (Å²) in [4.78, 5) is 0. The van der Waals surface area contributed by atoms with Crippen molar-refractivity contribution in [1.82, 2.24) is 0 Å². The van der Waals surface area contributed by atoms with Gasteiger partial charge in [0.25, 0.3) is 0 Å². The maximum atomic E-state index is 3.59. The summed E-state index contributed by atoms with van der Waals surface area (Å²) >= 11 is 0. The second-order valence-corrected chi connectivity index (χ2v) is 2.64. The van der Waals surface area contributed by atoms with Crippen LogP contribution >= 0.6 is 0 Å². The van der Waals surface area contributed by atoms with Gasteiger partial charge in [0, 0.05) is 0 Å². The Bertz CT molecular complexity index is 88.2. The van der Waals surface area contributed by atoms with Gasteiger partial charge in [-0.3, -0.25) is 0 Å². The van der Waals surface area contributed by atoms with E-state index in [4.69, 9.17) is 0 Å². The van der Waals surface area contributed by atoms with Crippen LogP contribution in [0.25, 0.3) is 0 Å². The molecule has 0 saturated carbocycles.